The molecule has 2 bridgehead atoms. The summed E-state index contributed by atoms with van der Waals surface area (Å²) in [6.07, 6.45) is 16.6. The molecule has 8 atom stereocenters. The second-order valence-corrected chi connectivity index (χ2v) is 15.1. The Labute approximate surface area is 311 Å². The summed E-state index contributed by atoms with van der Waals surface area (Å²) in [5.74, 6) is 0.551. The molecule has 53 heavy (non-hydrogen) atoms. The number of nitrogens with zero attached hydrogens (tertiary/aromatic N) is 2. The van der Waals surface area contributed by atoms with Crippen LogP contribution in [0.15, 0.2) is 77.5 Å². The molecule has 0 saturated heterocycles. The number of nitrogens with one attached hydrogen (secondary N) is 2. The number of hydrogen-bond donors (Lipinski definition) is 6. The van der Waals surface area contributed by atoms with Crippen molar-refractivity contribution in [3.63, 3.8) is 0 Å². The lowest BCUT2D eigenvalue weighted by atomic mass is 9.58. The highest BCUT2D eigenvalue weighted by atomic mass is 16.4. The van der Waals surface area contributed by atoms with E-state index >= 15 is 0 Å². The lowest BCUT2D eigenvalue weighted by molar-refractivity contribution is -0.131. The molecule has 11 heteroatoms. The highest BCUT2D eigenvalue weighted by molar-refractivity contribution is 5.86. The first-order chi connectivity index (χ1) is 25.8. The number of benzene rings is 2. The number of hydrogen-bond acceptors (Lipinski definition) is 8. The third-order valence-corrected chi connectivity index (χ3v) is 11.6. The topological polar surface area (TPSA) is 198 Å². The van der Waals surface area contributed by atoms with Crippen molar-refractivity contribution in [1.29, 1.82) is 0 Å². The number of carbonyl (C=O) groups excluding carboxylic acids is 2. The van der Waals surface area contributed by atoms with Crippen LogP contribution in [-0.4, -0.2) is 71.0 Å². The smallest absolute Gasteiger partial charge is 0.328 e. The van der Waals surface area contributed by atoms with Gasteiger partial charge in [-0.25, -0.2) is 4.79 Å². The first-order valence-corrected chi connectivity index (χ1v) is 19.1. The number of aliphatic hydroxyl groups excluding tert-OH is 1. The molecule has 282 valence electrons. The van der Waals surface area contributed by atoms with Gasteiger partial charge in [0.05, 0.1) is 6.04 Å². The minimum atomic E-state index is -1.03. The summed E-state index contributed by atoms with van der Waals surface area (Å²) in [4.78, 5) is 42.9. The van der Waals surface area contributed by atoms with Crippen molar-refractivity contribution in [2.45, 2.75) is 88.3 Å². The Hall–Kier alpha value is -4.74. The number of aromatic amines is 1. The van der Waals surface area contributed by atoms with Crippen LogP contribution in [0, 0.1) is 23.7 Å². The van der Waals surface area contributed by atoms with E-state index < -0.39 is 12.0 Å². The fraction of sp³-hybridized carbons (Fsp3) is 0.476. The standard InChI is InChI=1S/C42H53N6O5/c43-33(11-6-27(25-51)3-2-17-49)12-10-28-8-9-30-21-32-20-29-7-5-26(14-18-50)19-31(29)22-34(32)41(28)35(30)23-38(47-39-4-1-15-45-39)36(24-40(52)53)37-13-16-46-42(44)48-37/h1,4-5,7-9,15,18-20,22,24-25,27-28,30,33,35,37-38,41,45,49H,2-3,6,10-14,16-17,21,23,43H2,(H,52,53)(H3,44,46,48)/q-1. The number of fused-ring (bicyclic) bond motifs is 5. The van der Waals surface area contributed by atoms with Crippen LogP contribution < -0.4 is 16.8 Å². The third-order valence-electron chi connectivity index (χ3n) is 11.6. The van der Waals surface area contributed by atoms with Gasteiger partial charge in [-0.05, 0) is 121 Å². The minimum Gasteiger partial charge on any atom is -0.478 e. The molecule has 2 aromatic carbocycles. The lowest BCUT2D eigenvalue weighted by Gasteiger charge is -2.48. The number of carbonyl (C=O) groups is 3. The SMILES string of the molecule is NC1=NCCC(C(=CC(=O)O)C(CC2C3C=CC(CCC(N)CCC(C=O)CCCO)C2c2cc4cc(CC=O)ccc4cc2C3)[N-]c2ccc[nH]2)N1. The molecular weight excluding hydrogens is 668 g/mol. The monoisotopic (exact) mass is 721 g/mol. The molecule has 3 aliphatic rings. The van der Waals surface area contributed by atoms with Crippen molar-refractivity contribution in [2.75, 3.05) is 13.2 Å². The van der Waals surface area contributed by atoms with Gasteiger partial charge >= 0.3 is 5.97 Å². The summed E-state index contributed by atoms with van der Waals surface area (Å²) in [7, 11) is 0. The molecule has 11 nitrogen and oxygen atoms in total. The molecule has 2 aliphatic carbocycles. The molecule has 0 spiro atoms. The Balaban J connectivity index is 1.34. The molecule has 0 saturated carbocycles. The number of aliphatic carboxylic acids is 1. The number of carboxylic acids is 1. The zero-order chi connectivity index (χ0) is 37.3. The van der Waals surface area contributed by atoms with Gasteiger partial charge in [-0.1, -0.05) is 66.6 Å². The largest absolute Gasteiger partial charge is 0.478 e. The molecular formula is C42H53N6O5-. The van der Waals surface area contributed by atoms with E-state index in [2.05, 4.69) is 51.7 Å². The van der Waals surface area contributed by atoms with Gasteiger partial charge in [0.1, 0.15) is 12.6 Å². The second kappa shape index (κ2) is 17.9. The normalized spacial score (nSPS) is 24.0. The average molecular weight is 722 g/mol. The second-order valence-electron chi connectivity index (χ2n) is 15.1. The maximum Gasteiger partial charge on any atom is 0.328 e. The zero-order valence-electron chi connectivity index (χ0n) is 30.3. The fourth-order valence-electron chi connectivity index (χ4n) is 8.92. The van der Waals surface area contributed by atoms with Crippen LogP contribution in [0.2, 0.25) is 0 Å². The van der Waals surface area contributed by atoms with Gasteiger partial charge in [-0.3, -0.25) is 4.99 Å². The Morgan fingerprint density at radius 2 is 1.94 bits per heavy atom. The molecule has 6 rings (SSSR count). The number of carboxylic acid groups (broad SMARTS) is 1. The van der Waals surface area contributed by atoms with E-state index in [0.29, 0.717) is 62.4 Å². The van der Waals surface area contributed by atoms with Crippen LogP contribution in [-0.2, 0) is 27.2 Å². The number of allylic oxidation sites excluding steroid dienone is 2. The number of guanidine groups is 1. The van der Waals surface area contributed by atoms with Gasteiger partial charge in [-0.2, -0.15) is 0 Å². The fourth-order valence-corrected chi connectivity index (χ4v) is 8.92. The molecule has 1 aromatic heterocycles. The summed E-state index contributed by atoms with van der Waals surface area (Å²) in [6, 6.07) is 13.8. The molecule has 0 amide bonds. The van der Waals surface area contributed by atoms with Crippen molar-refractivity contribution in [3.05, 3.63) is 94.5 Å². The van der Waals surface area contributed by atoms with Crippen LogP contribution in [0.5, 0.6) is 0 Å². The van der Waals surface area contributed by atoms with Gasteiger partial charge in [0.15, 0.2) is 5.96 Å². The molecule has 0 fully saturated rings. The molecule has 0 radical (unpaired) electrons. The van der Waals surface area contributed by atoms with Crippen molar-refractivity contribution >= 4 is 41.1 Å². The number of nitrogens with two attached hydrogens (primary N) is 2. The maximum atomic E-state index is 12.4. The van der Waals surface area contributed by atoms with Crippen molar-refractivity contribution in [2.24, 2.45) is 40.1 Å². The summed E-state index contributed by atoms with van der Waals surface area (Å²) in [5.41, 5.74) is 17.1. The Morgan fingerprint density at radius 3 is 2.68 bits per heavy atom. The predicted octanol–water partition coefficient (Wildman–Crippen LogP) is 5.59. The van der Waals surface area contributed by atoms with E-state index in [4.69, 9.17) is 16.8 Å². The highest BCUT2D eigenvalue weighted by Gasteiger charge is 2.43. The molecule has 8 unspecified atom stereocenters. The van der Waals surface area contributed by atoms with E-state index in [1.54, 1.807) is 0 Å². The van der Waals surface area contributed by atoms with Gasteiger partial charge in [0.25, 0.3) is 0 Å². The minimum absolute atomic E-state index is 0.0630. The molecule has 1 aliphatic heterocycles. The maximum absolute atomic E-state index is 12.4. The number of aldehydes is 2. The number of H-pyrrole nitrogens is 1. The first-order valence-electron chi connectivity index (χ1n) is 19.1. The zero-order valence-corrected chi connectivity index (χ0v) is 30.3. The van der Waals surface area contributed by atoms with Gasteiger partial charge in [0.2, 0.25) is 0 Å². The predicted molar refractivity (Wildman–Crippen MR) is 208 cm³/mol. The summed E-state index contributed by atoms with van der Waals surface area (Å²) in [5, 5.41) is 30.0. The van der Waals surface area contributed by atoms with Crippen molar-refractivity contribution in [3.8, 4) is 0 Å². The summed E-state index contributed by atoms with van der Waals surface area (Å²) in [6.45, 7) is 0.576. The molecule has 3 aromatic rings. The lowest BCUT2D eigenvalue weighted by Crippen LogP contribution is -2.47. The number of aliphatic imine (C=N–C) groups is 1. The number of aromatic nitrogens is 1. The Morgan fingerprint density at radius 1 is 1.08 bits per heavy atom. The number of rotatable bonds is 19. The van der Waals surface area contributed by atoms with Crippen LogP contribution in [0.3, 0.4) is 0 Å². The van der Waals surface area contributed by atoms with Crippen LogP contribution in [0.4, 0.5) is 5.82 Å². The quantitative estimate of drug-likeness (QED) is 0.0523. The Bertz CT molecular complexity index is 1820. The van der Waals surface area contributed by atoms with Crippen LogP contribution in [0.1, 0.15) is 74.0 Å². The van der Waals surface area contributed by atoms with Crippen molar-refractivity contribution < 1.29 is 24.6 Å². The molecule has 8 N–H and O–H groups in total. The summed E-state index contributed by atoms with van der Waals surface area (Å²) < 4.78 is 0. The van der Waals surface area contributed by atoms with Gasteiger partial charge in [-0.15, -0.1) is 0 Å². The third kappa shape index (κ3) is 9.44. The van der Waals surface area contributed by atoms with Gasteiger partial charge < -0.3 is 46.9 Å². The van der Waals surface area contributed by atoms with Crippen molar-refractivity contribution in [1.82, 2.24) is 10.3 Å². The average Bonchev–Trinajstić information content (AvgIpc) is 3.66. The van der Waals surface area contributed by atoms with Gasteiger partial charge in [0, 0.05) is 37.6 Å². The summed E-state index contributed by atoms with van der Waals surface area (Å²) >= 11 is 0. The van der Waals surface area contributed by atoms with E-state index in [1.807, 2.05) is 24.4 Å². The highest BCUT2D eigenvalue weighted by Crippen LogP contribution is 2.53. The Kier molecular flexibility index (Phi) is 12.8. The van der Waals surface area contributed by atoms with E-state index in [-0.39, 0.29) is 48.3 Å². The van der Waals surface area contributed by atoms with Crippen LogP contribution >= 0.6 is 0 Å². The van der Waals surface area contributed by atoms with E-state index in [1.165, 1.54) is 17.2 Å². The van der Waals surface area contributed by atoms with E-state index in [0.717, 1.165) is 54.6 Å². The van der Waals surface area contributed by atoms with E-state index in [9.17, 15) is 24.6 Å². The first kappa shape index (κ1) is 38.0. The molecule has 2 heterocycles. The van der Waals surface area contributed by atoms with Crippen LogP contribution in [0.25, 0.3) is 16.1 Å². The number of aliphatic hydroxyl groups is 1.